The van der Waals surface area contributed by atoms with Crippen LogP contribution in [0.5, 0.6) is 0 Å². The number of para-hydroxylation sites is 2. The van der Waals surface area contributed by atoms with Crippen molar-refractivity contribution in [3.63, 3.8) is 0 Å². The van der Waals surface area contributed by atoms with Gasteiger partial charge in [-0.25, -0.2) is 0 Å². The number of carbonyl (C=O) groups excluding carboxylic acids is 4. The van der Waals surface area contributed by atoms with Gasteiger partial charge in [-0.05, 0) is 110 Å². The molecule has 2 aromatic carbocycles. The Morgan fingerprint density at radius 2 is 1.12 bits per heavy atom. The summed E-state index contributed by atoms with van der Waals surface area (Å²) in [5.74, 6) is 0. The van der Waals surface area contributed by atoms with Gasteiger partial charge in [0.1, 0.15) is 17.6 Å². The fourth-order valence-corrected chi connectivity index (χ4v) is 13.4. The van der Waals surface area contributed by atoms with Crippen molar-refractivity contribution in [2.45, 2.75) is 109 Å². The molecule has 67 heavy (non-hydrogen) atoms. The van der Waals surface area contributed by atoms with Crippen LogP contribution in [-0.2, 0) is 308 Å². The number of hydrogen-bond donors (Lipinski definition) is 1. The van der Waals surface area contributed by atoms with Crippen molar-refractivity contribution < 1.29 is 289 Å². The van der Waals surface area contributed by atoms with Crippen molar-refractivity contribution >= 4 is 56.7 Å². The molecule has 7 aliphatic heterocycles. The second-order valence-corrected chi connectivity index (χ2v) is 17.6. The maximum absolute atomic E-state index is 11.4. The molecular formula is C42H47IN4O6V14. The molecule has 2 bridgehead atoms. The molecule has 11 rings (SSSR count). The zero-order chi connectivity index (χ0) is 37.5. The van der Waals surface area contributed by atoms with E-state index in [0.717, 1.165) is 38.6 Å². The molecule has 7 aliphatic rings. The van der Waals surface area contributed by atoms with E-state index in [1.807, 2.05) is 6.92 Å². The van der Waals surface area contributed by atoms with E-state index < -0.39 is 5.72 Å². The number of aliphatic hydroxyl groups is 1. The van der Waals surface area contributed by atoms with Gasteiger partial charge in [0, 0.05) is 323 Å². The third-order valence-electron chi connectivity index (χ3n) is 13.9. The van der Waals surface area contributed by atoms with Crippen LogP contribution in [0, 0.1) is 10.8 Å². The summed E-state index contributed by atoms with van der Waals surface area (Å²) in [4.78, 5) is 37.8. The van der Waals surface area contributed by atoms with Gasteiger partial charge < -0.3 is 23.9 Å². The summed E-state index contributed by atoms with van der Waals surface area (Å²) in [6.07, 6.45) is 12.2. The van der Waals surface area contributed by atoms with Gasteiger partial charge in [-0.3, -0.25) is 4.90 Å². The molecule has 0 spiro atoms. The molecule has 1 N–H and O–H groups in total. The van der Waals surface area contributed by atoms with Crippen molar-refractivity contribution in [3.05, 3.63) is 80.8 Å². The molecule has 0 amide bonds. The number of aromatic nitrogens is 2. The number of halogens is 1. The minimum Gasteiger partial charge on any atom is -0.371 e. The van der Waals surface area contributed by atoms with E-state index in [0.29, 0.717) is 12.1 Å². The summed E-state index contributed by atoms with van der Waals surface area (Å²) in [6, 6.07) is 18.6. The first-order chi connectivity index (χ1) is 25.5. The molecule has 4 aromatic rings. The largest absolute Gasteiger partial charge is 0.373 e. The molecule has 25 heteroatoms. The molecule has 2 aromatic heterocycles. The van der Waals surface area contributed by atoms with Crippen LogP contribution in [0.1, 0.15) is 101 Å². The van der Waals surface area contributed by atoms with Crippen molar-refractivity contribution in [1.82, 2.24) is 18.9 Å². The van der Waals surface area contributed by atoms with E-state index in [1.54, 1.807) is 11.3 Å². The third kappa shape index (κ3) is 14.3. The predicted molar refractivity (Wildman–Crippen MR) is 205 cm³/mol. The van der Waals surface area contributed by atoms with Gasteiger partial charge in [0.25, 0.3) is 0 Å². The Kier molecular flexibility index (Phi) is 44.0. The second-order valence-electron chi connectivity index (χ2n) is 16.3. The van der Waals surface area contributed by atoms with Crippen molar-refractivity contribution in [2.24, 2.45) is 10.8 Å². The number of ether oxygens (including phenoxy) is 1. The van der Waals surface area contributed by atoms with Crippen LogP contribution >= 0.6 is 22.6 Å². The summed E-state index contributed by atoms with van der Waals surface area (Å²) in [6.45, 7) is 12.6. The van der Waals surface area contributed by atoms with E-state index in [1.165, 1.54) is 69.0 Å². The van der Waals surface area contributed by atoms with Crippen LogP contribution < -0.4 is 0 Å². The Bertz CT molecular complexity index is 2250. The first kappa shape index (κ1) is 85.5. The van der Waals surface area contributed by atoms with Gasteiger partial charge in [-0.2, -0.15) is 19.2 Å². The van der Waals surface area contributed by atoms with Crippen LogP contribution in [0.4, 0.5) is 0 Å². The number of rotatable bonds is 2. The Morgan fingerprint density at radius 3 is 1.61 bits per heavy atom. The fourth-order valence-electron chi connectivity index (χ4n) is 12.3. The van der Waals surface area contributed by atoms with Gasteiger partial charge in [0.15, 0.2) is 0 Å². The summed E-state index contributed by atoms with van der Waals surface area (Å²) in [5.41, 5.74) is 8.09. The smallest absolute Gasteiger partial charge is 0.371 e. The van der Waals surface area contributed by atoms with E-state index in [-0.39, 0.29) is 295 Å². The standard InChI is InChI=1S/C20H21IN2O.C20H26N2O.2CO2.14V/c1-3-20-11-19(2)23-15-7-5-4-6-12(15)13-8-9-22(17(20)16(13)23)10-14(21)18(20)24-19;1-3-20-10-6-11-21-12-9-15-14-7-4-5-8-16(14)22(17(15)18(20)21)19(2,23)13-20;2*2-1-3;;;;;;;;;;;;;;/h4-7,10,17-18H,3,8-9,11H2,1-2H3;4-5,7-8,18,23H,3,6,9-13H2,1-2H3;;;;;;;;;;;;;;;;/t17-,18-,19-,20+;18-,19-,20+;;;;;;;;;;;;;;;;/m11................/s1. The summed E-state index contributed by atoms with van der Waals surface area (Å²) in [7, 11) is 0. The molecule has 10 nitrogen and oxygen atoms in total. The van der Waals surface area contributed by atoms with Crippen LogP contribution in [0.15, 0.2) is 58.3 Å². The van der Waals surface area contributed by atoms with Crippen molar-refractivity contribution in [2.75, 3.05) is 19.6 Å². The molecule has 9 heterocycles. The zero-order valence-electron chi connectivity index (χ0n) is 37.1. The van der Waals surface area contributed by atoms with E-state index in [2.05, 4.69) is 117 Å². The fraction of sp³-hybridized carbons (Fsp3) is 0.524. The Morgan fingerprint density at radius 1 is 0.657 bits per heavy atom. The Labute approximate surface area is 575 Å². The average Bonchev–Trinajstić information content (AvgIpc) is 3.78. The number of piperidine rings is 1. The van der Waals surface area contributed by atoms with Crippen LogP contribution in [-0.4, -0.2) is 62.1 Å². The number of nitrogens with zero attached hydrogens (tertiary/aromatic N) is 4. The summed E-state index contributed by atoms with van der Waals surface area (Å²) >= 11 is 2.52. The van der Waals surface area contributed by atoms with E-state index in [4.69, 9.17) is 23.9 Å². The van der Waals surface area contributed by atoms with Gasteiger partial charge >= 0.3 is 12.3 Å². The van der Waals surface area contributed by atoms with E-state index >= 15 is 0 Å². The first-order valence-electron chi connectivity index (χ1n) is 19.0. The second kappa shape index (κ2) is 34.5. The minimum atomic E-state index is -0.778. The Hall–Kier alpha value is 4.61. The van der Waals surface area contributed by atoms with Gasteiger partial charge in [0.2, 0.25) is 0 Å². The molecule has 0 aliphatic carbocycles. The summed E-state index contributed by atoms with van der Waals surface area (Å²) < 4.78 is 13.1. The molecule has 0 unspecified atom stereocenters. The van der Waals surface area contributed by atoms with Crippen LogP contribution in [0.25, 0.3) is 21.8 Å². The number of hydrogen-bond acceptors (Lipinski definition) is 8. The van der Waals surface area contributed by atoms with Gasteiger partial charge in [-0.1, -0.05) is 50.2 Å². The van der Waals surface area contributed by atoms with Crippen LogP contribution in [0.2, 0.25) is 0 Å². The number of fused-ring (bicyclic) bond motifs is 8. The summed E-state index contributed by atoms with van der Waals surface area (Å²) in [5, 5.41) is 14.2. The topological polar surface area (TPSA) is 114 Å². The predicted octanol–water partition coefficient (Wildman–Crippen LogP) is 7.30. The van der Waals surface area contributed by atoms with Crippen molar-refractivity contribution in [1.29, 1.82) is 0 Å². The van der Waals surface area contributed by atoms with Gasteiger partial charge in [0.05, 0.1) is 23.1 Å². The van der Waals surface area contributed by atoms with Crippen molar-refractivity contribution in [3.8, 4) is 0 Å². The maximum Gasteiger partial charge on any atom is 0.373 e. The molecule has 7 atom stereocenters. The Balaban J connectivity index is -0.000000162. The molecule has 2 fully saturated rings. The third-order valence-corrected chi connectivity index (χ3v) is 14.7. The zero-order valence-corrected chi connectivity index (χ0v) is 58.8. The maximum atomic E-state index is 11.4. The normalized spacial score (nSPS) is 26.5. The van der Waals surface area contributed by atoms with Crippen LogP contribution in [0.3, 0.4) is 0 Å². The molecule has 14 radical (unpaired) electrons. The number of benzene rings is 2. The van der Waals surface area contributed by atoms with Gasteiger partial charge in [-0.15, -0.1) is 0 Å². The molecule has 2 saturated heterocycles. The quantitative estimate of drug-likeness (QED) is 0.208. The SMILES string of the molecule is CC[C@@]12C[C@@]3(C)O[C@@H]1C(I)=CN1CCc4c(n3c3ccccc43)[C@@H]12.CC[C@]12CCCN3CCc4c(n(c5ccccc45)[C@](C)(O)C1)[C@@H]32.O=C=O.O=C=O.[V].[V].[V].[V].[V].[V].[V].[V].[V].[V].[V].[V].[V].[V]. The molecule has 348 valence electrons. The average molecular weight is 1540 g/mol. The minimum absolute atomic E-state index is 0. The molecule has 0 saturated carbocycles. The van der Waals surface area contributed by atoms with E-state index in [9.17, 15) is 5.11 Å². The first-order valence-corrected chi connectivity index (χ1v) is 20.1. The monoisotopic (exact) mass is 1540 g/mol. The molecular weight excluding hydrogens is 1500 g/mol.